The van der Waals surface area contributed by atoms with E-state index in [-0.39, 0.29) is 17.9 Å². The Kier molecular flexibility index (Phi) is 2.74. The largest absolute Gasteiger partial charge is 0.309 e. The Morgan fingerprint density at radius 1 is 1.16 bits per heavy atom. The lowest BCUT2D eigenvalue weighted by Gasteiger charge is -2.06. The second-order valence-electron chi connectivity index (χ2n) is 4.92. The first-order chi connectivity index (χ1) is 9.15. The van der Waals surface area contributed by atoms with E-state index >= 15 is 0 Å². The maximum atomic E-state index is 11.8. The van der Waals surface area contributed by atoms with Gasteiger partial charge in [-0.05, 0) is 24.1 Å². The van der Waals surface area contributed by atoms with Crippen LogP contribution in [0.2, 0.25) is 0 Å². The van der Waals surface area contributed by atoms with Crippen LogP contribution >= 0.6 is 0 Å². The number of aromatic nitrogens is 2. The SMILES string of the molecule is CC(C)C1N=C(c2ccc3nccnc3c2)NC1=O. The van der Waals surface area contributed by atoms with Gasteiger partial charge in [-0.25, -0.2) is 0 Å². The number of nitrogens with zero attached hydrogens (tertiary/aromatic N) is 3. The van der Waals surface area contributed by atoms with Gasteiger partial charge in [-0.1, -0.05) is 13.8 Å². The number of hydrogen-bond donors (Lipinski definition) is 1. The average molecular weight is 254 g/mol. The lowest BCUT2D eigenvalue weighted by Crippen LogP contribution is -2.31. The number of amidine groups is 1. The van der Waals surface area contributed by atoms with Crippen LogP contribution < -0.4 is 5.32 Å². The highest BCUT2D eigenvalue weighted by molar-refractivity contribution is 6.14. The van der Waals surface area contributed by atoms with Gasteiger partial charge in [-0.2, -0.15) is 0 Å². The number of fused-ring (bicyclic) bond motifs is 1. The number of rotatable bonds is 2. The fourth-order valence-corrected chi connectivity index (χ4v) is 2.13. The summed E-state index contributed by atoms with van der Waals surface area (Å²) in [4.78, 5) is 24.7. The van der Waals surface area contributed by atoms with Gasteiger partial charge in [0.2, 0.25) is 0 Å². The van der Waals surface area contributed by atoms with Gasteiger partial charge in [0.1, 0.15) is 11.9 Å². The molecule has 0 bridgehead atoms. The van der Waals surface area contributed by atoms with Crippen molar-refractivity contribution < 1.29 is 4.79 Å². The Morgan fingerprint density at radius 3 is 2.58 bits per heavy atom. The fraction of sp³-hybridized carbons (Fsp3) is 0.286. The van der Waals surface area contributed by atoms with Crippen LogP contribution in [0.3, 0.4) is 0 Å². The van der Waals surface area contributed by atoms with Crippen LogP contribution in [0.15, 0.2) is 35.6 Å². The van der Waals surface area contributed by atoms with Crippen LogP contribution in [0.5, 0.6) is 0 Å². The number of benzene rings is 1. The van der Waals surface area contributed by atoms with Crippen LogP contribution in [0.25, 0.3) is 11.0 Å². The molecule has 0 aliphatic carbocycles. The van der Waals surface area contributed by atoms with Crippen molar-refractivity contribution in [2.75, 3.05) is 0 Å². The molecule has 0 spiro atoms. The molecule has 1 N–H and O–H groups in total. The van der Waals surface area contributed by atoms with Crippen molar-refractivity contribution in [2.24, 2.45) is 10.9 Å². The van der Waals surface area contributed by atoms with Gasteiger partial charge in [-0.15, -0.1) is 0 Å². The minimum absolute atomic E-state index is 0.0377. The monoisotopic (exact) mass is 254 g/mol. The normalized spacial score (nSPS) is 18.8. The maximum Gasteiger partial charge on any atom is 0.250 e. The summed E-state index contributed by atoms with van der Waals surface area (Å²) < 4.78 is 0. The van der Waals surface area contributed by atoms with Crippen molar-refractivity contribution >= 4 is 22.8 Å². The number of carbonyl (C=O) groups excluding carboxylic acids is 1. The van der Waals surface area contributed by atoms with E-state index in [9.17, 15) is 4.79 Å². The van der Waals surface area contributed by atoms with E-state index in [1.807, 2.05) is 32.0 Å². The third-order valence-electron chi connectivity index (χ3n) is 3.15. The Bertz CT molecular complexity index is 678. The predicted octanol–water partition coefficient (Wildman–Crippen LogP) is 1.53. The number of nitrogens with one attached hydrogen (secondary N) is 1. The topological polar surface area (TPSA) is 67.2 Å². The maximum absolute atomic E-state index is 11.8. The van der Waals surface area contributed by atoms with Gasteiger partial charge < -0.3 is 5.32 Å². The van der Waals surface area contributed by atoms with Gasteiger partial charge >= 0.3 is 0 Å². The summed E-state index contributed by atoms with van der Waals surface area (Å²) in [5.41, 5.74) is 2.49. The number of hydrogen-bond acceptors (Lipinski definition) is 4. The molecule has 0 radical (unpaired) electrons. The van der Waals surface area contributed by atoms with Crippen molar-refractivity contribution in [3.63, 3.8) is 0 Å². The van der Waals surface area contributed by atoms with E-state index in [4.69, 9.17) is 0 Å². The molecule has 3 rings (SSSR count). The molecule has 96 valence electrons. The molecule has 2 heterocycles. The van der Waals surface area contributed by atoms with E-state index in [0.29, 0.717) is 5.84 Å². The zero-order chi connectivity index (χ0) is 13.4. The van der Waals surface area contributed by atoms with E-state index in [1.54, 1.807) is 12.4 Å². The lowest BCUT2D eigenvalue weighted by molar-refractivity contribution is -0.120. The van der Waals surface area contributed by atoms with Crippen LogP contribution in [-0.2, 0) is 4.79 Å². The van der Waals surface area contributed by atoms with Crippen LogP contribution in [0.1, 0.15) is 19.4 Å². The van der Waals surface area contributed by atoms with Gasteiger partial charge in [0.05, 0.1) is 11.0 Å². The molecule has 1 amide bonds. The van der Waals surface area contributed by atoms with Crippen molar-refractivity contribution in [2.45, 2.75) is 19.9 Å². The highest BCUT2D eigenvalue weighted by Crippen LogP contribution is 2.17. The Morgan fingerprint density at radius 2 is 1.89 bits per heavy atom. The summed E-state index contributed by atoms with van der Waals surface area (Å²) in [5, 5.41) is 2.83. The highest BCUT2D eigenvalue weighted by atomic mass is 16.2. The predicted molar refractivity (Wildman–Crippen MR) is 72.8 cm³/mol. The number of carbonyl (C=O) groups is 1. The standard InChI is InChI=1S/C14H14N4O/c1-8(2)12-14(19)18-13(17-12)9-3-4-10-11(7-9)16-6-5-15-10/h3-8,12H,1-2H3,(H,17,18,19). The molecule has 19 heavy (non-hydrogen) atoms. The zero-order valence-electron chi connectivity index (χ0n) is 10.8. The lowest BCUT2D eigenvalue weighted by atomic mass is 10.1. The first kappa shape index (κ1) is 11.8. The fourth-order valence-electron chi connectivity index (χ4n) is 2.13. The molecular formula is C14H14N4O. The van der Waals surface area contributed by atoms with E-state index in [0.717, 1.165) is 16.6 Å². The van der Waals surface area contributed by atoms with E-state index in [1.165, 1.54) is 0 Å². The second-order valence-corrected chi connectivity index (χ2v) is 4.92. The van der Waals surface area contributed by atoms with Crippen LogP contribution in [0, 0.1) is 5.92 Å². The van der Waals surface area contributed by atoms with E-state index in [2.05, 4.69) is 20.3 Å². The highest BCUT2D eigenvalue weighted by Gasteiger charge is 2.29. The first-order valence-electron chi connectivity index (χ1n) is 6.25. The minimum Gasteiger partial charge on any atom is -0.309 e. The quantitative estimate of drug-likeness (QED) is 0.883. The summed E-state index contributed by atoms with van der Waals surface area (Å²) in [6.07, 6.45) is 3.31. The summed E-state index contributed by atoms with van der Waals surface area (Å²) in [5.74, 6) is 0.776. The average Bonchev–Trinajstić information content (AvgIpc) is 2.80. The van der Waals surface area contributed by atoms with Gasteiger partial charge in [-0.3, -0.25) is 19.8 Å². The number of amides is 1. The summed E-state index contributed by atoms with van der Waals surface area (Å²) in [7, 11) is 0. The minimum atomic E-state index is -0.299. The Labute approximate surface area is 110 Å². The molecular weight excluding hydrogens is 240 g/mol. The van der Waals surface area contributed by atoms with E-state index < -0.39 is 0 Å². The summed E-state index contributed by atoms with van der Waals surface area (Å²) >= 11 is 0. The molecule has 1 atom stereocenters. The Balaban J connectivity index is 2.01. The van der Waals surface area contributed by atoms with Crippen LogP contribution in [0.4, 0.5) is 0 Å². The van der Waals surface area contributed by atoms with Gasteiger partial charge in [0.25, 0.3) is 5.91 Å². The molecule has 1 aliphatic heterocycles. The molecule has 5 heteroatoms. The van der Waals surface area contributed by atoms with Crippen molar-refractivity contribution in [3.05, 3.63) is 36.2 Å². The molecule has 1 aromatic carbocycles. The smallest absolute Gasteiger partial charge is 0.250 e. The molecule has 1 aromatic heterocycles. The molecule has 0 fully saturated rings. The molecule has 1 unspecified atom stereocenters. The third kappa shape index (κ3) is 2.07. The number of aliphatic imine (C=N–C) groups is 1. The van der Waals surface area contributed by atoms with Gasteiger partial charge in [0, 0.05) is 18.0 Å². The van der Waals surface area contributed by atoms with Crippen molar-refractivity contribution in [1.82, 2.24) is 15.3 Å². The molecule has 5 nitrogen and oxygen atoms in total. The first-order valence-corrected chi connectivity index (χ1v) is 6.25. The summed E-state index contributed by atoms with van der Waals surface area (Å²) in [6, 6.07) is 5.38. The molecule has 2 aromatic rings. The zero-order valence-corrected chi connectivity index (χ0v) is 10.8. The second kappa shape index (κ2) is 4.42. The summed E-state index contributed by atoms with van der Waals surface area (Å²) in [6.45, 7) is 3.98. The van der Waals surface area contributed by atoms with Crippen LogP contribution in [-0.4, -0.2) is 27.8 Å². The molecule has 0 saturated heterocycles. The van der Waals surface area contributed by atoms with Gasteiger partial charge in [0.15, 0.2) is 0 Å². The third-order valence-corrected chi connectivity index (χ3v) is 3.15. The molecule has 0 saturated carbocycles. The Hall–Kier alpha value is -2.30. The molecule has 1 aliphatic rings. The van der Waals surface area contributed by atoms with Crippen molar-refractivity contribution in [1.29, 1.82) is 0 Å². The van der Waals surface area contributed by atoms with Crippen molar-refractivity contribution in [3.8, 4) is 0 Å².